The van der Waals surface area contributed by atoms with Crippen LogP contribution in [0.3, 0.4) is 0 Å². The Morgan fingerprint density at radius 1 is 0.935 bits per heavy atom. The third kappa shape index (κ3) is 9.72. The third-order valence-corrected chi connectivity index (χ3v) is 4.73. The van der Waals surface area contributed by atoms with Crippen molar-refractivity contribution >= 4 is 29.6 Å². The first kappa shape index (κ1) is 28.2. The summed E-state index contributed by atoms with van der Waals surface area (Å²) in [6.07, 6.45) is -1.23. The second-order valence-electron chi connectivity index (χ2n) is 7.29. The van der Waals surface area contributed by atoms with Gasteiger partial charge in [0.1, 0.15) is 24.2 Å². The van der Waals surface area contributed by atoms with Crippen LogP contribution in [-0.4, -0.2) is 81.8 Å². The van der Waals surface area contributed by atoms with Gasteiger partial charge in [-0.3, -0.25) is 19.2 Å². The smallest absolute Gasteiger partial charge is 0.328 e. The van der Waals surface area contributed by atoms with Crippen molar-refractivity contribution in [3.05, 3.63) is 0 Å². The van der Waals surface area contributed by atoms with Crippen molar-refractivity contribution in [1.29, 1.82) is 0 Å². The van der Waals surface area contributed by atoms with E-state index >= 15 is 0 Å². The molecule has 0 aromatic carbocycles. The molecule has 0 aromatic rings. The fourth-order valence-electron chi connectivity index (χ4n) is 2.45. The lowest BCUT2D eigenvalue weighted by Gasteiger charge is -2.28. The van der Waals surface area contributed by atoms with Gasteiger partial charge in [-0.05, 0) is 19.3 Å². The zero-order valence-electron chi connectivity index (χ0n) is 17.8. The van der Waals surface area contributed by atoms with Crippen molar-refractivity contribution in [2.24, 2.45) is 17.4 Å². The quantitative estimate of drug-likeness (QED) is 0.132. The van der Waals surface area contributed by atoms with Crippen molar-refractivity contribution in [1.82, 2.24) is 16.0 Å². The zero-order chi connectivity index (χ0) is 24.3. The van der Waals surface area contributed by atoms with Crippen molar-refractivity contribution < 1.29 is 39.3 Å². The summed E-state index contributed by atoms with van der Waals surface area (Å²) in [6.45, 7) is 3.86. The predicted molar refractivity (Wildman–Crippen MR) is 108 cm³/mol. The molecule has 0 fully saturated rings. The van der Waals surface area contributed by atoms with Crippen molar-refractivity contribution in [2.75, 3.05) is 6.61 Å². The van der Waals surface area contributed by atoms with Crippen molar-refractivity contribution in [3.63, 3.8) is 0 Å². The molecule has 0 spiro atoms. The Bertz CT molecular complexity index is 657. The highest BCUT2D eigenvalue weighted by Gasteiger charge is 2.33. The normalized spacial score (nSPS) is 16.7. The maximum Gasteiger partial charge on any atom is 0.328 e. The molecule has 0 heterocycles. The molecule has 0 bridgehead atoms. The molecule has 13 heteroatoms. The van der Waals surface area contributed by atoms with Gasteiger partial charge < -0.3 is 42.7 Å². The predicted octanol–water partition coefficient (Wildman–Crippen LogP) is -3.46. The van der Waals surface area contributed by atoms with Crippen LogP contribution in [0, 0.1) is 5.92 Å². The standard InChI is InChI=1S/C18H33N5O8/c1-4-8(2)14(23-16(28)13(20)9(3)25)17(29)21-10(5-6-12(19)26)15(27)22-11(7-24)18(30)31/h8-11,13-14,24-25H,4-7,20H2,1-3H3,(H2,19,26)(H,21,29)(H,22,27)(H,23,28)(H,30,31). The van der Waals surface area contributed by atoms with Crippen LogP contribution in [0.4, 0.5) is 0 Å². The number of aliphatic carboxylic acids is 1. The Morgan fingerprint density at radius 3 is 1.90 bits per heavy atom. The van der Waals surface area contributed by atoms with Crippen molar-refractivity contribution in [2.45, 2.75) is 70.3 Å². The summed E-state index contributed by atoms with van der Waals surface area (Å²) < 4.78 is 0. The zero-order valence-corrected chi connectivity index (χ0v) is 17.8. The van der Waals surface area contributed by atoms with E-state index < -0.39 is 72.4 Å². The fourth-order valence-corrected chi connectivity index (χ4v) is 2.45. The van der Waals surface area contributed by atoms with Gasteiger partial charge in [-0.2, -0.15) is 0 Å². The average molecular weight is 447 g/mol. The summed E-state index contributed by atoms with van der Waals surface area (Å²) in [5.41, 5.74) is 10.7. The van der Waals surface area contributed by atoms with Gasteiger partial charge in [-0.1, -0.05) is 20.3 Å². The molecule has 0 aromatic heterocycles. The number of carbonyl (C=O) groups is 5. The summed E-state index contributed by atoms with van der Waals surface area (Å²) in [5, 5.41) is 34.4. The van der Waals surface area contributed by atoms with E-state index in [4.69, 9.17) is 21.7 Å². The molecule has 10 N–H and O–H groups in total. The maximum atomic E-state index is 12.8. The van der Waals surface area contributed by atoms with Crippen LogP contribution in [0.15, 0.2) is 0 Å². The fraction of sp³-hybridized carbons (Fsp3) is 0.722. The minimum atomic E-state index is -1.62. The summed E-state index contributed by atoms with van der Waals surface area (Å²) in [6, 6.07) is -5.38. The number of nitrogens with two attached hydrogens (primary N) is 2. The van der Waals surface area contributed by atoms with E-state index in [1.54, 1.807) is 13.8 Å². The van der Waals surface area contributed by atoms with Gasteiger partial charge in [0, 0.05) is 6.42 Å². The molecular weight excluding hydrogens is 414 g/mol. The van der Waals surface area contributed by atoms with E-state index in [-0.39, 0.29) is 12.8 Å². The molecule has 0 aliphatic rings. The second kappa shape index (κ2) is 13.5. The number of hydrogen-bond acceptors (Lipinski definition) is 8. The van der Waals surface area contributed by atoms with E-state index in [1.807, 2.05) is 0 Å². The number of nitrogens with one attached hydrogen (secondary N) is 3. The topological polar surface area (TPSA) is 234 Å². The van der Waals surface area contributed by atoms with Gasteiger partial charge in [0.05, 0.1) is 12.7 Å². The van der Waals surface area contributed by atoms with E-state index in [9.17, 15) is 29.1 Å². The highest BCUT2D eigenvalue weighted by atomic mass is 16.4. The highest BCUT2D eigenvalue weighted by Crippen LogP contribution is 2.10. The van der Waals surface area contributed by atoms with Gasteiger partial charge in [0.15, 0.2) is 0 Å². The largest absolute Gasteiger partial charge is 0.480 e. The first-order valence-corrected chi connectivity index (χ1v) is 9.82. The lowest BCUT2D eigenvalue weighted by molar-refractivity contribution is -0.143. The number of aliphatic hydroxyl groups excluding tert-OH is 2. The van der Waals surface area contributed by atoms with Gasteiger partial charge in [0.2, 0.25) is 23.6 Å². The molecule has 0 saturated heterocycles. The Hall–Kier alpha value is -2.77. The van der Waals surface area contributed by atoms with Gasteiger partial charge >= 0.3 is 5.97 Å². The second-order valence-corrected chi connectivity index (χ2v) is 7.29. The number of carboxylic acid groups (broad SMARTS) is 1. The molecule has 31 heavy (non-hydrogen) atoms. The van der Waals surface area contributed by atoms with E-state index in [0.29, 0.717) is 6.42 Å². The molecule has 0 saturated carbocycles. The van der Waals surface area contributed by atoms with Crippen LogP contribution < -0.4 is 27.4 Å². The van der Waals surface area contributed by atoms with Crippen LogP contribution in [-0.2, 0) is 24.0 Å². The minimum Gasteiger partial charge on any atom is -0.480 e. The Kier molecular flexibility index (Phi) is 12.3. The van der Waals surface area contributed by atoms with Crippen LogP contribution in [0.25, 0.3) is 0 Å². The first-order chi connectivity index (χ1) is 14.3. The first-order valence-electron chi connectivity index (χ1n) is 9.82. The number of aliphatic hydroxyl groups is 2. The summed E-state index contributed by atoms with van der Waals surface area (Å²) in [5.74, 6) is -5.15. The molecule has 6 unspecified atom stereocenters. The summed E-state index contributed by atoms with van der Waals surface area (Å²) in [7, 11) is 0. The molecular formula is C18H33N5O8. The molecule has 6 atom stereocenters. The molecule has 0 radical (unpaired) electrons. The van der Waals surface area contributed by atoms with Crippen LogP contribution in [0.5, 0.6) is 0 Å². The lowest BCUT2D eigenvalue weighted by atomic mass is 9.97. The van der Waals surface area contributed by atoms with Gasteiger partial charge in [0.25, 0.3) is 0 Å². The molecule has 13 nitrogen and oxygen atoms in total. The number of primary amides is 1. The Labute approximate surface area is 179 Å². The van der Waals surface area contributed by atoms with Crippen LogP contribution in [0.2, 0.25) is 0 Å². The maximum absolute atomic E-state index is 12.8. The van der Waals surface area contributed by atoms with Crippen molar-refractivity contribution in [3.8, 4) is 0 Å². The number of hydrogen-bond donors (Lipinski definition) is 8. The SMILES string of the molecule is CCC(C)C(NC(=O)C(N)C(C)O)C(=O)NC(CCC(N)=O)C(=O)NC(CO)C(=O)O. The molecule has 0 aliphatic heterocycles. The van der Waals surface area contributed by atoms with Gasteiger partial charge in [-0.15, -0.1) is 0 Å². The number of carboxylic acids is 1. The molecule has 0 aliphatic carbocycles. The Balaban J connectivity index is 5.54. The van der Waals surface area contributed by atoms with Crippen LogP contribution >= 0.6 is 0 Å². The van der Waals surface area contributed by atoms with E-state index in [0.717, 1.165) is 0 Å². The highest BCUT2D eigenvalue weighted by molar-refractivity contribution is 5.94. The number of rotatable bonds is 14. The molecule has 178 valence electrons. The van der Waals surface area contributed by atoms with E-state index in [1.165, 1.54) is 6.92 Å². The monoisotopic (exact) mass is 447 g/mol. The average Bonchev–Trinajstić information content (AvgIpc) is 2.70. The molecule has 0 rings (SSSR count). The molecule has 4 amide bonds. The summed E-state index contributed by atoms with van der Waals surface area (Å²) in [4.78, 5) is 59.6. The lowest BCUT2D eigenvalue weighted by Crippen LogP contribution is -2.59. The summed E-state index contributed by atoms with van der Waals surface area (Å²) >= 11 is 0. The number of amides is 4. The van der Waals surface area contributed by atoms with Gasteiger partial charge in [-0.25, -0.2) is 4.79 Å². The minimum absolute atomic E-state index is 0.237. The Morgan fingerprint density at radius 2 is 1.48 bits per heavy atom. The van der Waals surface area contributed by atoms with Crippen LogP contribution in [0.1, 0.15) is 40.0 Å². The third-order valence-electron chi connectivity index (χ3n) is 4.73. The van der Waals surface area contributed by atoms with E-state index in [2.05, 4.69) is 16.0 Å². The number of carbonyl (C=O) groups excluding carboxylic acids is 4.